The number of nitrogens with zero attached hydrogens (tertiary/aromatic N) is 1. The average Bonchev–Trinajstić information content (AvgIpc) is 2.57. The van der Waals surface area contributed by atoms with Gasteiger partial charge in [0.25, 0.3) is 5.91 Å². The van der Waals surface area contributed by atoms with Crippen molar-refractivity contribution in [3.63, 3.8) is 0 Å². The van der Waals surface area contributed by atoms with Crippen molar-refractivity contribution >= 4 is 29.3 Å². The number of fused-ring (bicyclic) bond motifs is 1. The second-order valence-electron chi connectivity index (χ2n) is 5.33. The van der Waals surface area contributed by atoms with Crippen LogP contribution in [0.25, 0.3) is 0 Å². The van der Waals surface area contributed by atoms with E-state index in [1.165, 1.54) is 0 Å². The monoisotopic (exact) mass is 337 g/mol. The van der Waals surface area contributed by atoms with Crippen LogP contribution in [-0.4, -0.2) is 49.6 Å². The fraction of sp³-hybridized carbons (Fsp3) is 0.500. The minimum absolute atomic E-state index is 0.0585. The van der Waals surface area contributed by atoms with Crippen molar-refractivity contribution in [3.05, 3.63) is 24.3 Å². The average molecular weight is 337 g/mol. The maximum atomic E-state index is 12.0. The van der Waals surface area contributed by atoms with Crippen LogP contribution in [0.15, 0.2) is 24.3 Å². The fourth-order valence-corrected chi connectivity index (χ4v) is 2.84. The van der Waals surface area contributed by atoms with Crippen LogP contribution in [0, 0.1) is 0 Å². The number of thioether (sulfide) groups is 1. The molecule has 0 saturated heterocycles. The molecule has 1 heterocycles. The molecule has 1 aliphatic rings. The first kappa shape index (κ1) is 17.6. The summed E-state index contributed by atoms with van der Waals surface area (Å²) in [4.78, 5) is 25.5. The van der Waals surface area contributed by atoms with Gasteiger partial charge in [0, 0.05) is 13.1 Å². The Morgan fingerprint density at radius 1 is 1.48 bits per heavy atom. The van der Waals surface area contributed by atoms with Crippen LogP contribution < -0.4 is 20.7 Å². The molecule has 0 bridgehead atoms. The highest BCUT2D eigenvalue weighted by atomic mass is 32.2. The third-order valence-electron chi connectivity index (χ3n) is 3.64. The molecule has 1 aliphatic heterocycles. The number of carbonyl (C=O) groups excluding carboxylic acids is 2. The molecule has 1 aromatic carbocycles. The van der Waals surface area contributed by atoms with Crippen LogP contribution in [0.3, 0.4) is 0 Å². The lowest BCUT2D eigenvalue weighted by Gasteiger charge is -2.29. The van der Waals surface area contributed by atoms with Crippen molar-refractivity contribution in [1.82, 2.24) is 5.32 Å². The van der Waals surface area contributed by atoms with Crippen LogP contribution in [0.5, 0.6) is 5.75 Å². The van der Waals surface area contributed by atoms with Crippen molar-refractivity contribution in [2.75, 3.05) is 36.6 Å². The second kappa shape index (κ2) is 8.79. The van der Waals surface area contributed by atoms with Crippen LogP contribution in [0.2, 0.25) is 0 Å². The van der Waals surface area contributed by atoms with Gasteiger partial charge in [0.1, 0.15) is 5.75 Å². The number of nitrogens with two attached hydrogens (primary N) is 1. The summed E-state index contributed by atoms with van der Waals surface area (Å²) >= 11 is 1.67. The van der Waals surface area contributed by atoms with Gasteiger partial charge in [0.2, 0.25) is 5.91 Å². The predicted octanol–water partition coefficient (Wildman–Crippen LogP) is 0.999. The normalized spacial score (nSPS) is 14.9. The number of benzene rings is 1. The lowest BCUT2D eigenvalue weighted by atomic mass is 10.2. The highest BCUT2D eigenvalue weighted by Gasteiger charge is 2.24. The minimum Gasteiger partial charge on any atom is -0.482 e. The molecule has 0 saturated carbocycles. The Morgan fingerprint density at radius 2 is 2.26 bits per heavy atom. The van der Waals surface area contributed by atoms with Crippen LogP contribution in [-0.2, 0) is 9.59 Å². The van der Waals surface area contributed by atoms with Gasteiger partial charge in [-0.15, -0.1) is 0 Å². The van der Waals surface area contributed by atoms with Crippen LogP contribution in [0.4, 0.5) is 5.69 Å². The summed E-state index contributed by atoms with van der Waals surface area (Å²) in [5, 5.41) is 2.83. The summed E-state index contributed by atoms with van der Waals surface area (Å²) in [7, 11) is 0. The lowest BCUT2D eigenvalue weighted by Crippen LogP contribution is -2.43. The zero-order chi connectivity index (χ0) is 16.7. The van der Waals surface area contributed by atoms with Crippen molar-refractivity contribution in [3.8, 4) is 5.75 Å². The van der Waals surface area contributed by atoms with Gasteiger partial charge in [0.15, 0.2) is 6.61 Å². The lowest BCUT2D eigenvalue weighted by molar-refractivity contribution is -0.122. The molecule has 2 rings (SSSR count). The maximum absolute atomic E-state index is 12.0. The largest absolute Gasteiger partial charge is 0.482 e. The molecular formula is C16H23N3O3S. The molecular weight excluding hydrogens is 314 g/mol. The SMILES string of the molecule is CSCC[C@H](N)C(=O)NCCCN1C(=O)COc2ccccc21. The van der Waals surface area contributed by atoms with Crippen LogP contribution >= 0.6 is 11.8 Å². The van der Waals surface area contributed by atoms with Gasteiger partial charge in [0.05, 0.1) is 11.7 Å². The van der Waals surface area contributed by atoms with Gasteiger partial charge in [-0.2, -0.15) is 11.8 Å². The topological polar surface area (TPSA) is 84.7 Å². The molecule has 0 radical (unpaired) electrons. The smallest absolute Gasteiger partial charge is 0.265 e. The summed E-state index contributed by atoms with van der Waals surface area (Å²) in [5.41, 5.74) is 6.59. The standard InChI is InChI=1S/C16H23N3O3S/c1-23-10-7-12(17)16(21)18-8-4-9-19-13-5-2-3-6-14(13)22-11-15(19)20/h2-3,5-6,12H,4,7-11,17H2,1H3,(H,18,21)/t12-/m0/s1. The van der Waals surface area contributed by atoms with Gasteiger partial charge >= 0.3 is 0 Å². The first-order valence-electron chi connectivity index (χ1n) is 7.68. The summed E-state index contributed by atoms with van der Waals surface area (Å²) < 4.78 is 5.40. The van der Waals surface area contributed by atoms with Crippen molar-refractivity contribution in [2.24, 2.45) is 5.73 Å². The third kappa shape index (κ3) is 4.87. The van der Waals surface area contributed by atoms with Crippen molar-refractivity contribution < 1.29 is 14.3 Å². The number of para-hydroxylation sites is 2. The van der Waals surface area contributed by atoms with E-state index in [-0.39, 0.29) is 18.4 Å². The van der Waals surface area contributed by atoms with E-state index in [0.717, 1.165) is 17.2 Å². The molecule has 3 N–H and O–H groups in total. The molecule has 0 spiro atoms. The summed E-state index contributed by atoms with van der Waals surface area (Å²) in [6, 6.07) is 7.00. The fourth-order valence-electron chi connectivity index (χ4n) is 2.35. The number of nitrogens with one attached hydrogen (secondary N) is 1. The number of carbonyl (C=O) groups is 2. The molecule has 0 aromatic heterocycles. The number of amides is 2. The summed E-state index contributed by atoms with van der Waals surface area (Å²) in [5.74, 6) is 1.39. The molecule has 0 fully saturated rings. The highest BCUT2D eigenvalue weighted by Crippen LogP contribution is 2.31. The van der Waals surface area contributed by atoms with E-state index in [1.807, 2.05) is 30.5 Å². The number of anilines is 1. The van der Waals surface area contributed by atoms with E-state index in [4.69, 9.17) is 10.5 Å². The van der Waals surface area contributed by atoms with E-state index < -0.39 is 6.04 Å². The Labute approximate surface area is 140 Å². The second-order valence-corrected chi connectivity index (χ2v) is 6.32. The maximum Gasteiger partial charge on any atom is 0.265 e. The Kier molecular flexibility index (Phi) is 6.73. The van der Waals surface area contributed by atoms with Gasteiger partial charge in [-0.05, 0) is 37.0 Å². The van der Waals surface area contributed by atoms with E-state index in [1.54, 1.807) is 16.7 Å². The molecule has 1 atom stereocenters. The molecule has 1 aromatic rings. The van der Waals surface area contributed by atoms with Crippen molar-refractivity contribution in [2.45, 2.75) is 18.9 Å². The third-order valence-corrected chi connectivity index (χ3v) is 4.28. The predicted molar refractivity (Wildman–Crippen MR) is 92.9 cm³/mol. The molecule has 23 heavy (non-hydrogen) atoms. The Bertz CT molecular complexity index is 553. The Balaban J connectivity index is 1.78. The molecule has 126 valence electrons. The number of hydrogen-bond acceptors (Lipinski definition) is 5. The zero-order valence-electron chi connectivity index (χ0n) is 13.3. The van der Waals surface area contributed by atoms with E-state index in [0.29, 0.717) is 25.9 Å². The van der Waals surface area contributed by atoms with E-state index in [9.17, 15) is 9.59 Å². The van der Waals surface area contributed by atoms with Gasteiger partial charge < -0.3 is 20.7 Å². The first-order valence-corrected chi connectivity index (χ1v) is 9.07. The van der Waals surface area contributed by atoms with Crippen molar-refractivity contribution in [1.29, 1.82) is 0 Å². The van der Waals surface area contributed by atoms with E-state index in [2.05, 4.69) is 5.32 Å². The Morgan fingerprint density at radius 3 is 3.04 bits per heavy atom. The first-order chi connectivity index (χ1) is 11.1. The molecule has 7 heteroatoms. The quantitative estimate of drug-likeness (QED) is 0.691. The number of ether oxygens (including phenoxy) is 1. The molecule has 6 nitrogen and oxygen atoms in total. The summed E-state index contributed by atoms with van der Waals surface area (Å²) in [6.45, 7) is 1.10. The van der Waals surface area contributed by atoms with E-state index >= 15 is 0 Å². The molecule has 0 unspecified atom stereocenters. The minimum atomic E-state index is -0.465. The molecule has 0 aliphatic carbocycles. The zero-order valence-corrected chi connectivity index (χ0v) is 14.1. The van der Waals surface area contributed by atoms with Gasteiger partial charge in [-0.1, -0.05) is 12.1 Å². The summed E-state index contributed by atoms with van der Waals surface area (Å²) in [6.07, 6.45) is 3.32. The van der Waals surface area contributed by atoms with Gasteiger partial charge in [-0.25, -0.2) is 0 Å². The van der Waals surface area contributed by atoms with Crippen LogP contribution in [0.1, 0.15) is 12.8 Å². The number of rotatable bonds is 8. The molecule has 2 amide bonds. The number of hydrogen-bond donors (Lipinski definition) is 2. The van der Waals surface area contributed by atoms with Gasteiger partial charge in [-0.3, -0.25) is 9.59 Å². The highest BCUT2D eigenvalue weighted by molar-refractivity contribution is 7.98. The Hall–Kier alpha value is -1.73.